The number of carbonyl (C=O) groups excluding carboxylic acids is 1. The Morgan fingerprint density at radius 3 is 2.57 bits per heavy atom. The molecule has 3 N–H and O–H groups in total. The van der Waals surface area contributed by atoms with E-state index in [0.717, 1.165) is 25.9 Å². The van der Waals surface area contributed by atoms with Gasteiger partial charge in [0.15, 0.2) is 0 Å². The minimum absolute atomic E-state index is 0.209. The minimum Gasteiger partial charge on any atom is -0.383 e. The van der Waals surface area contributed by atoms with Gasteiger partial charge in [0.2, 0.25) is 5.95 Å². The molecule has 1 aromatic carbocycles. The molecule has 6 nitrogen and oxygen atoms in total. The maximum atomic E-state index is 12.2. The average molecular weight is 283 g/mol. The summed E-state index contributed by atoms with van der Waals surface area (Å²) in [5.41, 5.74) is 6.91. The van der Waals surface area contributed by atoms with Gasteiger partial charge in [0.25, 0.3) is 5.91 Å². The summed E-state index contributed by atoms with van der Waals surface area (Å²) in [6, 6.07) is 9.22. The van der Waals surface area contributed by atoms with Crippen LogP contribution in [0.5, 0.6) is 0 Å². The molecule has 2 heterocycles. The fourth-order valence-corrected chi connectivity index (χ4v) is 2.35. The zero-order valence-corrected chi connectivity index (χ0v) is 11.6. The number of nitrogens with one attached hydrogen (secondary N) is 1. The molecule has 1 aliphatic rings. The van der Waals surface area contributed by atoms with Crippen molar-refractivity contribution in [3.05, 3.63) is 42.1 Å². The third kappa shape index (κ3) is 2.94. The molecule has 0 radical (unpaired) electrons. The lowest BCUT2D eigenvalue weighted by Gasteiger charge is -2.15. The summed E-state index contributed by atoms with van der Waals surface area (Å²) in [4.78, 5) is 22.8. The van der Waals surface area contributed by atoms with Crippen molar-refractivity contribution in [2.45, 2.75) is 12.8 Å². The molecule has 1 saturated heterocycles. The van der Waals surface area contributed by atoms with Crippen LogP contribution in [0.2, 0.25) is 0 Å². The fourth-order valence-electron chi connectivity index (χ4n) is 2.35. The summed E-state index contributed by atoms with van der Waals surface area (Å²) < 4.78 is 0. The predicted molar refractivity (Wildman–Crippen MR) is 82.3 cm³/mol. The number of hydrogen-bond donors (Lipinski definition) is 2. The molecule has 1 aliphatic heterocycles. The molecule has 0 spiro atoms. The Morgan fingerprint density at radius 1 is 1.19 bits per heavy atom. The molecule has 1 fully saturated rings. The van der Waals surface area contributed by atoms with Crippen LogP contribution in [0.4, 0.5) is 17.5 Å². The third-order valence-electron chi connectivity index (χ3n) is 3.47. The highest BCUT2D eigenvalue weighted by molar-refractivity contribution is 6.07. The summed E-state index contributed by atoms with van der Waals surface area (Å²) in [5.74, 6) is 0.508. The molecule has 2 aromatic rings. The van der Waals surface area contributed by atoms with E-state index in [4.69, 9.17) is 5.73 Å². The lowest BCUT2D eigenvalue weighted by atomic mass is 10.2. The van der Waals surface area contributed by atoms with Gasteiger partial charge in [-0.3, -0.25) is 4.79 Å². The molecule has 0 unspecified atom stereocenters. The van der Waals surface area contributed by atoms with Crippen molar-refractivity contribution in [2.75, 3.05) is 29.0 Å². The summed E-state index contributed by atoms with van der Waals surface area (Å²) in [7, 11) is 0. The molecule has 21 heavy (non-hydrogen) atoms. The molecular formula is C15H17N5O. The van der Waals surface area contributed by atoms with Crippen molar-refractivity contribution in [3.63, 3.8) is 0 Å². The summed E-state index contributed by atoms with van der Waals surface area (Å²) in [5, 5.41) is 2.78. The molecule has 0 atom stereocenters. The molecule has 0 bridgehead atoms. The predicted octanol–water partition coefficient (Wildman–Crippen LogP) is 1.91. The quantitative estimate of drug-likeness (QED) is 0.899. The van der Waals surface area contributed by atoms with Crippen molar-refractivity contribution in [1.82, 2.24) is 9.97 Å². The van der Waals surface area contributed by atoms with Crippen LogP contribution in [0.15, 0.2) is 36.5 Å². The average Bonchev–Trinajstić information content (AvgIpc) is 3.02. The van der Waals surface area contributed by atoms with E-state index in [1.165, 1.54) is 6.20 Å². The van der Waals surface area contributed by atoms with Gasteiger partial charge in [-0.2, -0.15) is 4.98 Å². The molecule has 0 aliphatic carbocycles. The molecular weight excluding hydrogens is 266 g/mol. The van der Waals surface area contributed by atoms with Crippen LogP contribution in [0.25, 0.3) is 0 Å². The Bertz CT molecular complexity index is 638. The Morgan fingerprint density at radius 2 is 1.90 bits per heavy atom. The number of nitrogen functional groups attached to an aromatic ring is 1. The Labute approximate surface area is 123 Å². The van der Waals surface area contributed by atoms with Gasteiger partial charge in [0, 0.05) is 25.0 Å². The number of anilines is 3. The highest BCUT2D eigenvalue weighted by atomic mass is 16.1. The fraction of sp³-hybridized carbons (Fsp3) is 0.267. The van der Waals surface area contributed by atoms with Crippen LogP contribution in [-0.2, 0) is 0 Å². The number of nitrogens with zero attached hydrogens (tertiary/aromatic N) is 3. The first-order valence-corrected chi connectivity index (χ1v) is 6.98. The molecule has 108 valence electrons. The Kier molecular flexibility index (Phi) is 3.68. The molecule has 6 heteroatoms. The SMILES string of the molecule is Nc1nc(N2CCCC2)ncc1C(=O)Nc1ccccc1. The lowest BCUT2D eigenvalue weighted by molar-refractivity contribution is 0.102. The first kappa shape index (κ1) is 13.4. The zero-order valence-electron chi connectivity index (χ0n) is 11.6. The van der Waals surface area contributed by atoms with Gasteiger partial charge in [-0.25, -0.2) is 4.98 Å². The topological polar surface area (TPSA) is 84.1 Å². The van der Waals surface area contributed by atoms with Gasteiger partial charge in [0.1, 0.15) is 11.4 Å². The van der Waals surface area contributed by atoms with E-state index < -0.39 is 0 Å². The van der Waals surface area contributed by atoms with Gasteiger partial charge in [-0.05, 0) is 25.0 Å². The van der Waals surface area contributed by atoms with E-state index in [-0.39, 0.29) is 11.7 Å². The lowest BCUT2D eigenvalue weighted by Crippen LogP contribution is -2.22. The number of carbonyl (C=O) groups is 1. The largest absolute Gasteiger partial charge is 0.383 e. The molecule has 3 rings (SSSR count). The number of hydrogen-bond acceptors (Lipinski definition) is 5. The summed E-state index contributed by atoms with van der Waals surface area (Å²) in [6.07, 6.45) is 3.77. The van der Waals surface area contributed by atoms with Crippen LogP contribution >= 0.6 is 0 Å². The van der Waals surface area contributed by atoms with Crippen LogP contribution in [0.1, 0.15) is 23.2 Å². The molecule has 1 aromatic heterocycles. The van der Waals surface area contributed by atoms with Gasteiger partial charge in [-0.15, -0.1) is 0 Å². The number of rotatable bonds is 3. The molecule has 1 amide bonds. The number of aromatic nitrogens is 2. The zero-order chi connectivity index (χ0) is 14.7. The Balaban J connectivity index is 1.77. The van der Waals surface area contributed by atoms with Crippen LogP contribution < -0.4 is 16.0 Å². The van der Waals surface area contributed by atoms with Crippen LogP contribution in [0.3, 0.4) is 0 Å². The van der Waals surface area contributed by atoms with Crippen molar-refractivity contribution in [1.29, 1.82) is 0 Å². The second-order valence-electron chi connectivity index (χ2n) is 4.98. The van der Waals surface area contributed by atoms with E-state index >= 15 is 0 Å². The van der Waals surface area contributed by atoms with Gasteiger partial charge >= 0.3 is 0 Å². The van der Waals surface area contributed by atoms with Crippen molar-refractivity contribution < 1.29 is 4.79 Å². The second-order valence-corrected chi connectivity index (χ2v) is 4.98. The van der Waals surface area contributed by atoms with Crippen LogP contribution in [-0.4, -0.2) is 29.0 Å². The van der Waals surface area contributed by atoms with Crippen molar-refractivity contribution in [2.24, 2.45) is 0 Å². The van der Waals surface area contributed by atoms with E-state index in [0.29, 0.717) is 17.2 Å². The monoisotopic (exact) mass is 283 g/mol. The maximum absolute atomic E-state index is 12.2. The smallest absolute Gasteiger partial charge is 0.260 e. The standard InChI is InChI=1S/C15H17N5O/c16-13-12(14(21)18-11-6-2-1-3-7-11)10-17-15(19-13)20-8-4-5-9-20/h1-3,6-7,10H,4-5,8-9H2,(H,18,21)(H2,16,17,19). The maximum Gasteiger partial charge on any atom is 0.260 e. The van der Waals surface area contributed by atoms with Gasteiger partial charge < -0.3 is 16.0 Å². The molecule has 0 saturated carbocycles. The normalized spacial score (nSPS) is 14.2. The summed E-state index contributed by atoms with van der Waals surface area (Å²) >= 11 is 0. The highest BCUT2D eigenvalue weighted by Gasteiger charge is 2.18. The highest BCUT2D eigenvalue weighted by Crippen LogP contribution is 2.19. The first-order chi connectivity index (χ1) is 10.2. The van der Waals surface area contributed by atoms with Crippen molar-refractivity contribution in [3.8, 4) is 0 Å². The van der Waals surface area contributed by atoms with Crippen LogP contribution in [0, 0.1) is 0 Å². The minimum atomic E-state index is -0.299. The van der Waals surface area contributed by atoms with Gasteiger partial charge in [0.05, 0.1) is 0 Å². The van der Waals surface area contributed by atoms with E-state index in [1.54, 1.807) is 0 Å². The van der Waals surface area contributed by atoms with Crippen molar-refractivity contribution >= 4 is 23.4 Å². The second kappa shape index (κ2) is 5.78. The number of benzene rings is 1. The summed E-state index contributed by atoms with van der Waals surface area (Å²) in [6.45, 7) is 1.88. The van der Waals surface area contributed by atoms with E-state index in [2.05, 4.69) is 20.2 Å². The number of nitrogens with two attached hydrogens (primary N) is 1. The number of amides is 1. The number of para-hydroxylation sites is 1. The Hall–Kier alpha value is -2.63. The van der Waals surface area contributed by atoms with E-state index in [9.17, 15) is 4.79 Å². The first-order valence-electron chi connectivity index (χ1n) is 6.98. The van der Waals surface area contributed by atoms with E-state index in [1.807, 2.05) is 30.3 Å². The van der Waals surface area contributed by atoms with Gasteiger partial charge in [-0.1, -0.05) is 18.2 Å². The third-order valence-corrected chi connectivity index (χ3v) is 3.47.